The summed E-state index contributed by atoms with van der Waals surface area (Å²) in [6.07, 6.45) is 1.66. The number of thiazole rings is 1. The normalized spacial score (nSPS) is 10.4. The number of hydrogen-bond acceptors (Lipinski definition) is 5. The number of rotatable bonds is 4. The number of halogens is 1. The monoisotopic (exact) mass is 354 g/mol. The highest BCUT2D eigenvalue weighted by atomic mass is 79.9. The van der Waals surface area contributed by atoms with Crippen LogP contribution >= 0.6 is 27.3 Å². The maximum Gasteiger partial charge on any atom is 0.261 e. The minimum atomic E-state index is -0.219. The second-order valence-corrected chi connectivity index (χ2v) is 6.31. The van der Waals surface area contributed by atoms with Crippen molar-refractivity contribution >= 4 is 44.1 Å². The maximum absolute atomic E-state index is 12.3. The SMILES string of the molecule is CCNc1ncc(Br)cc1C(=O)Nc1nc(C)c(C)s1. The topological polar surface area (TPSA) is 66.9 Å². The first-order chi connectivity index (χ1) is 9.51. The van der Waals surface area contributed by atoms with Crippen LogP contribution in [0.4, 0.5) is 10.9 Å². The van der Waals surface area contributed by atoms with Gasteiger partial charge in [-0.05, 0) is 42.8 Å². The molecule has 0 radical (unpaired) electrons. The van der Waals surface area contributed by atoms with Crippen molar-refractivity contribution in [3.8, 4) is 0 Å². The van der Waals surface area contributed by atoms with Crippen molar-refractivity contribution in [2.45, 2.75) is 20.8 Å². The van der Waals surface area contributed by atoms with Crippen molar-refractivity contribution in [3.05, 3.63) is 32.9 Å². The highest BCUT2D eigenvalue weighted by Gasteiger charge is 2.15. The molecule has 2 rings (SSSR count). The summed E-state index contributed by atoms with van der Waals surface area (Å²) in [6, 6.07) is 1.74. The molecule has 2 aromatic heterocycles. The summed E-state index contributed by atoms with van der Waals surface area (Å²) >= 11 is 4.80. The third-order valence-electron chi connectivity index (χ3n) is 2.69. The van der Waals surface area contributed by atoms with Gasteiger partial charge in [-0.3, -0.25) is 10.1 Å². The second kappa shape index (κ2) is 6.32. The maximum atomic E-state index is 12.3. The van der Waals surface area contributed by atoms with Crippen LogP contribution < -0.4 is 10.6 Å². The fourth-order valence-electron chi connectivity index (χ4n) is 1.61. The van der Waals surface area contributed by atoms with E-state index in [1.165, 1.54) is 11.3 Å². The number of aryl methyl sites for hydroxylation is 2. The zero-order valence-corrected chi connectivity index (χ0v) is 13.9. The molecule has 0 saturated heterocycles. The van der Waals surface area contributed by atoms with Gasteiger partial charge >= 0.3 is 0 Å². The molecule has 106 valence electrons. The quantitative estimate of drug-likeness (QED) is 0.879. The molecule has 0 bridgehead atoms. The van der Waals surface area contributed by atoms with Gasteiger partial charge in [0.15, 0.2) is 5.13 Å². The van der Waals surface area contributed by atoms with Crippen LogP contribution in [0.5, 0.6) is 0 Å². The van der Waals surface area contributed by atoms with Crippen LogP contribution in [0, 0.1) is 13.8 Å². The smallest absolute Gasteiger partial charge is 0.261 e. The van der Waals surface area contributed by atoms with Gasteiger partial charge in [-0.25, -0.2) is 9.97 Å². The summed E-state index contributed by atoms with van der Waals surface area (Å²) in [6.45, 7) is 6.56. The molecule has 0 aliphatic rings. The lowest BCUT2D eigenvalue weighted by Gasteiger charge is -2.09. The van der Waals surface area contributed by atoms with Crippen molar-refractivity contribution in [2.75, 3.05) is 17.2 Å². The average Bonchev–Trinajstić information content (AvgIpc) is 2.70. The number of aromatic nitrogens is 2. The van der Waals surface area contributed by atoms with E-state index in [-0.39, 0.29) is 5.91 Å². The number of anilines is 2. The van der Waals surface area contributed by atoms with Crippen molar-refractivity contribution in [3.63, 3.8) is 0 Å². The van der Waals surface area contributed by atoms with Gasteiger partial charge in [-0.15, -0.1) is 11.3 Å². The number of carbonyl (C=O) groups is 1. The van der Waals surface area contributed by atoms with E-state index in [2.05, 4.69) is 36.5 Å². The molecule has 0 aliphatic heterocycles. The van der Waals surface area contributed by atoms with Gasteiger partial charge in [0.25, 0.3) is 5.91 Å². The summed E-state index contributed by atoms with van der Waals surface area (Å²) in [4.78, 5) is 22.0. The third-order valence-corrected chi connectivity index (χ3v) is 4.11. The zero-order chi connectivity index (χ0) is 14.7. The first-order valence-electron chi connectivity index (χ1n) is 6.16. The number of nitrogens with zero attached hydrogens (tertiary/aromatic N) is 2. The van der Waals surface area contributed by atoms with Crippen LogP contribution in [-0.2, 0) is 0 Å². The van der Waals surface area contributed by atoms with E-state index in [1.807, 2.05) is 20.8 Å². The van der Waals surface area contributed by atoms with E-state index in [4.69, 9.17) is 0 Å². The van der Waals surface area contributed by atoms with Crippen molar-refractivity contribution in [1.82, 2.24) is 9.97 Å². The fraction of sp³-hybridized carbons (Fsp3) is 0.308. The van der Waals surface area contributed by atoms with E-state index >= 15 is 0 Å². The predicted molar refractivity (Wildman–Crippen MR) is 85.6 cm³/mol. The van der Waals surface area contributed by atoms with E-state index in [0.29, 0.717) is 23.1 Å². The Bertz CT molecular complexity index is 622. The summed E-state index contributed by atoms with van der Waals surface area (Å²) in [5, 5.41) is 6.49. The van der Waals surface area contributed by atoms with E-state index in [1.54, 1.807) is 12.3 Å². The average molecular weight is 355 g/mol. The van der Waals surface area contributed by atoms with E-state index in [9.17, 15) is 4.79 Å². The zero-order valence-electron chi connectivity index (χ0n) is 11.5. The Hall–Kier alpha value is -1.47. The number of carbonyl (C=O) groups excluding carboxylic acids is 1. The largest absolute Gasteiger partial charge is 0.370 e. The van der Waals surface area contributed by atoms with Crippen LogP contribution in [-0.4, -0.2) is 22.4 Å². The summed E-state index contributed by atoms with van der Waals surface area (Å²) in [5.74, 6) is 0.349. The van der Waals surface area contributed by atoms with Gasteiger partial charge in [-0.1, -0.05) is 0 Å². The Morgan fingerprint density at radius 2 is 2.20 bits per heavy atom. The molecule has 5 nitrogen and oxygen atoms in total. The lowest BCUT2D eigenvalue weighted by molar-refractivity contribution is 0.102. The molecule has 0 atom stereocenters. The number of nitrogens with one attached hydrogen (secondary N) is 2. The molecule has 2 aromatic rings. The van der Waals surface area contributed by atoms with Gasteiger partial charge in [0.05, 0.1) is 11.3 Å². The van der Waals surface area contributed by atoms with Crippen LogP contribution in [0.25, 0.3) is 0 Å². The highest BCUT2D eigenvalue weighted by Crippen LogP contribution is 2.24. The molecule has 0 aromatic carbocycles. The molecule has 0 saturated carbocycles. The molecular formula is C13H15BrN4OS. The van der Waals surface area contributed by atoms with Crippen LogP contribution in [0.3, 0.4) is 0 Å². The summed E-state index contributed by atoms with van der Waals surface area (Å²) in [7, 11) is 0. The Morgan fingerprint density at radius 1 is 1.45 bits per heavy atom. The molecular weight excluding hydrogens is 340 g/mol. The Balaban J connectivity index is 2.26. The minimum absolute atomic E-state index is 0.219. The first-order valence-corrected chi connectivity index (χ1v) is 7.77. The fourth-order valence-corrected chi connectivity index (χ4v) is 2.75. The van der Waals surface area contributed by atoms with Crippen molar-refractivity contribution < 1.29 is 4.79 Å². The van der Waals surface area contributed by atoms with Crippen LogP contribution in [0.2, 0.25) is 0 Å². The Morgan fingerprint density at radius 3 is 2.80 bits per heavy atom. The molecule has 1 amide bonds. The van der Waals surface area contributed by atoms with Gasteiger partial charge in [0.1, 0.15) is 5.82 Å². The second-order valence-electron chi connectivity index (χ2n) is 4.19. The molecule has 0 spiro atoms. The van der Waals surface area contributed by atoms with Gasteiger partial charge in [0, 0.05) is 22.1 Å². The van der Waals surface area contributed by atoms with Gasteiger partial charge in [0.2, 0.25) is 0 Å². The molecule has 0 aliphatic carbocycles. The minimum Gasteiger partial charge on any atom is -0.370 e. The van der Waals surface area contributed by atoms with E-state index < -0.39 is 0 Å². The van der Waals surface area contributed by atoms with Gasteiger partial charge < -0.3 is 5.32 Å². The molecule has 7 heteroatoms. The lowest BCUT2D eigenvalue weighted by Crippen LogP contribution is -2.15. The Labute approximate surface area is 130 Å². The van der Waals surface area contributed by atoms with Crippen LogP contribution in [0.15, 0.2) is 16.7 Å². The summed E-state index contributed by atoms with van der Waals surface area (Å²) in [5.41, 5.74) is 1.43. The molecule has 0 fully saturated rings. The standard InChI is InChI=1S/C13H15BrN4OS/c1-4-15-11-10(5-9(14)6-16-11)12(19)18-13-17-7(2)8(3)20-13/h5-6H,4H2,1-3H3,(H,15,16)(H,17,18,19). The molecule has 2 heterocycles. The first kappa shape index (κ1) is 14.9. The Kier molecular flexibility index (Phi) is 4.72. The molecule has 2 N–H and O–H groups in total. The van der Waals surface area contributed by atoms with Crippen molar-refractivity contribution in [2.24, 2.45) is 0 Å². The highest BCUT2D eigenvalue weighted by molar-refractivity contribution is 9.10. The predicted octanol–water partition coefficient (Wildman–Crippen LogP) is 3.60. The summed E-state index contributed by atoms with van der Waals surface area (Å²) < 4.78 is 0.760. The number of pyridine rings is 1. The van der Waals surface area contributed by atoms with Crippen LogP contribution in [0.1, 0.15) is 27.9 Å². The van der Waals surface area contributed by atoms with Gasteiger partial charge in [-0.2, -0.15) is 0 Å². The van der Waals surface area contributed by atoms with Crippen molar-refractivity contribution in [1.29, 1.82) is 0 Å². The lowest BCUT2D eigenvalue weighted by atomic mass is 10.2. The van der Waals surface area contributed by atoms with E-state index in [0.717, 1.165) is 15.0 Å². The number of amides is 1. The third kappa shape index (κ3) is 3.34. The molecule has 0 unspecified atom stereocenters. The number of hydrogen-bond donors (Lipinski definition) is 2. The molecule has 20 heavy (non-hydrogen) atoms.